The number of carbonyl (C=O) groups is 1. The molecule has 0 heterocycles. The molecule has 0 aliphatic rings. The van der Waals surface area contributed by atoms with Gasteiger partial charge in [-0.25, -0.2) is 4.79 Å². The van der Waals surface area contributed by atoms with Crippen LogP contribution in [0.2, 0.25) is 0 Å². The Morgan fingerprint density at radius 1 is 1.21 bits per heavy atom. The number of benzene rings is 1. The molecule has 0 spiro atoms. The SMILES string of the molecule is NCCOC(=O)OCc1ccccc1. The molecular weight excluding hydrogens is 182 g/mol. The van der Waals surface area contributed by atoms with Crippen molar-refractivity contribution in [1.29, 1.82) is 0 Å². The molecule has 2 N–H and O–H groups in total. The number of ether oxygens (including phenoxy) is 2. The molecule has 0 unspecified atom stereocenters. The van der Waals surface area contributed by atoms with Crippen LogP contribution < -0.4 is 5.73 Å². The Kier molecular flexibility index (Phi) is 4.50. The Morgan fingerprint density at radius 3 is 2.57 bits per heavy atom. The van der Waals surface area contributed by atoms with Gasteiger partial charge < -0.3 is 15.2 Å². The summed E-state index contributed by atoms with van der Waals surface area (Å²) in [6.07, 6.45) is -0.681. The highest BCUT2D eigenvalue weighted by atomic mass is 16.7. The summed E-state index contributed by atoms with van der Waals surface area (Å²) in [4.78, 5) is 10.9. The van der Waals surface area contributed by atoms with Crippen molar-refractivity contribution in [3.05, 3.63) is 35.9 Å². The van der Waals surface area contributed by atoms with Crippen molar-refractivity contribution in [3.63, 3.8) is 0 Å². The fraction of sp³-hybridized carbons (Fsp3) is 0.300. The Morgan fingerprint density at radius 2 is 1.93 bits per heavy atom. The van der Waals surface area contributed by atoms with Gasteiger partial charge in [0.05, 0.1) is 0 Å². The molecule has 0 fully saturated rings. The first-order chi connectivity index (χ1) is 6.83. The lowest BCUT2D eigenvalue weighted by molar-refractivity contribution is 0.0520. The molecule has 1 aromatic carbocycles. The molecule has 0 saturated heterocycles. The first kappa shape index (κ1) is 10.5. The summed E-state index contributed by atoms with van der Waals surface area (Å²) in [7, 11) is 0. The highest BCUT2D eigenvalue weighted by molar-refractivity contribution is 5.59. The zero-order valence-electron chi connectivity index (χ0n) is 7.81. The minimum absolute atomic E-state index is 0.188. The quantitative estimate of drug-likeness (QED) is 0.735. The zero-order valence-corrected chi connectivity index (χ0v) is 7.81. The maximum Gasteiger partial charge on any atom is 0.508 e. The number of rotatable bonds is 4. The van der Waals surface area contributed by atoms with Gasteiger partial charge in [0.25, 0.3) is 0 Å². The van der Waals surface area contributed by atoms with Gasteiger partial charge in [-0.2, -0.15) is 0 Å². The van der Waals surface area contributed by atoms with Crippen molar-refractivity contribution in [2.24, 2.45) is 5.73 Å². The van der Waals surface area contributed by atoms with E-state index in [1.54, 1.807) is 0 Å². The highest BCUT2D eigenvalue weighted by Crippen LogP contribution is 2.01. The summed E-state index contributed by atoms with van der Waals surface area (Å²) in [6, 6.07) is 9.40. The maximum absolute atomic E-state index is 10.9. The molecule has 4 nitrogen and oxygen atoms in total. The Bertz CT molecular complexity index is 274. The fourth-order valence-electron chi connectivity index (χ4n) is 0.900. The van der Waals surface area contributed by atoms with E-state index in [0.29, 0.717) is 6.54 Å². The van der Waals surface area contributed by atoms with Gasteiger partial charge in [0.1, 0.15) is 13.2 Å². The van der Waals surface area contributed by atoms with Gasteiger partial charge in [0.15, 0.2) is 0 Å². The predicted molar refractivity (Wildman–Crippen MR) is 51.6 cm³/mol. The van der Waals surface area contributed by atoms with Crippen LogP contribution in [0.3, 0.4) is 0 Å². The molecule has 1 aromatic rings. The first-order valence-corrected chi connectivity index (χ1v) is 4.36. The summed E-state index contributed by atoms with van der Waals surface area (Å²) in [6.45, 7) is 0.721. The molecule has 14 heavy (non-hydrogen) atoms. The number of carbonyl (C=O) groups excluding carboxylic acids is 1. The molecule has 0 aliphatic carbocycles. The minimum atomic E-state index is -0.681. The summed E-state index contributed by atoms with van der Waals surface area (Å²) in [5.41, 5.74) is 6.08. The molecule has 1 rings (SSSR count). The van der Waals surface area contributed by atoms with E-state index >= 15 is 0 Å². The van der Waals surface area contributed by atoms with E-state index in [-0.39, 0.29) is 13.2 Å². The second-order valence-corrected chi connectivity index (χ2v) is 2.66. The van der Waals surface area contributed by atoms with Gasteiger partial charge >= 0.3 is 6.16 Å². The van der Waals surface area contributed by atoms with Crippen molar-refractivity contribution in [2.75, 3.05) is 13.2 Å². The summed E-state index contributed by atoms with van der Waals surface area (Å²) < 4.78 is 9.44. The molecule has 0 aromatic heterocycles. The normalized spacial score (nSPS) is 9.50. The molecule has 0 bridgehead atoms. The van der Waals surface area contributed by atoms with Crippen molar-refractivity contribution in [2.45, 2.75) is 6.61 Å². The number of nitrogens with two attached hydrogens (primary N) is 1. The summed E-state index contributed by atoms with van der Waals surface area (Å²) in [5, 5.41) is 0. The fourth-order valence-corrected chi connectivity index (χ4v) is 0.900. The van der Waals surface area contributed by atoms with Gasteiger partial charge in [-0.05, 0) is 5.56 Å². The maximum atomic E-state index is 10.9. The van der Waals surface area contributed by atoms with Crippen LogP contribution in [0.4, 0.5) is 4.79 Å². The molecule has 0 radical (unpaired) electrons. The number of hydrogen-bond donors (Lipinski definition) is 1. The van der Waals surface area contributed by atoms with E-state index in [2.05, 4.69) is 4.74 Å². The Labute approximate surface area is 82.6 Å². The van der Waals surface area contributed by atoms with Crippen LogP contribution in [0.25, 0.3) is 0 Å². The van der Waals surface area contributed by atoms with Crippen molar-refractivity contribution >= 4 is 6.16 Å². The molecule has 4 heteroatoms. The van der Waals surface area contributed by atoms with E-state index in [1.807, 2.05) is 30.3 Å². The molecule has 0 saturated carbocycles. The van der Waals surface area contributed by atoms with E-state index in [9.17, 15) is 4.79 Å². The van der Waals surface area contributed by atoms with Gasteiger partial charge in [0, 0.05) is 6.54 Å². The van der Waals surface area contributed by atoms with Gasteiger partial charge in [0.2, 0.25) is 0 Å². The third-order valence-corrected chi connectivity index (χ3v) is 1.54. The van der Waals surface area contributed by atoms with Crippen LogP contribution in [0.5, 0.6) is 0 Å². The molecule has 76 valence electrons. The second-order valence-electron chi connectivity index (χ2n) is 2.66. The van der Waals surface area contributed by atoms with E-state index in [4.69, 9.17) is 10.5 Å². The largest absolute Gasteiger partial charge is 0.508 e. The summed E-state index contributed by atoms with van der Waals surface area (Å²) >= 11 is 0. The predicted octanol–water partition coefficient (Wildman–Crippen LogP) is 1.30. The average molecular weight is 195 g/mol. The van der Waals surface area contributed by atoms with Crippen LogP contribution in [-0.2, 0) is 16.1 Å². The lowest BCUT2D eigenvalue weighted by atomic mass is 10.2. The van der Waals surface area contributed by atoms with E-state index < -0.39 is 6.16 Å². The molecule has 0 aliphatic heterocycles. The molecule has 0 amide bonds. The van der Waals surface area contributed by atoms with Gasteiger partial charge in [-0.1, -0.05) is 30.3 Å². The second kappa shape index (κ2) is 5.99. The lowest BCUT2D eigenvalue weighted by Crippen LogP contribution is -2.14. The van der Waals surface area contributed by atoms with Gasteiger partial charge in [-0.3, -0.25) is 0 Å². The molecular formula is C10H13NO3. The topological polar surface area (TPSA) is 61.5 Å². The zero-order chi connectivity index (χ0) is 10.2. The minimum Gasteiger partial charge on any atom is -0.433 e. The Balaban J connectivity index is 2.24. The third-order valence-electron chi connectivity index (χ3n) is 1.54. The van der Waals surface area contributed by atoms with Crippen LogP contribution in [0, 0.1) is 0 Å². The number of hydrogen-bond acceptors (Lipinski definition) is 4. The van der Waals surface area contributed by atoms with Crippen LogP contribution in [-0.4, -0.2) is 19.3 Å². The van der Waals surface area contributed by atoms with Crippen molar-refractivity contribution in [3.8, 4) is 0 Å². The van der Waals surface area contributed by atoms with Crippen LogP contribution in [0.1, 0.15) is 5.56 Å². The average Bonchev–Trinajstić information content (AvgIpc) is 2.25. The van der Waals surface area contributed by atoms with Crippen LogP contribution in [0.15, 0.2) is 30.3 Å². The van der Waals surface area contributed by atoms with E-state index in [1.165, 1.54) is 0 Å². The highest BCUT2D eigenvalue weighted by Gasteiger charge is 2.02. The Hall–Kier alpha value is -1.55. The smallest absolute Gasteiger partial charge is 0.433 e. The van der Waals surface area contributed by atoms with Gasteiger partial charge in [-0.15, -0.1) is 0 Å². The monoisotopic (exact) mass is 195 g/mol. The lowest BCUT2D eigenvalue weighted by Gasteiger charge is -2.04. The first-order valence-electron chi connectivity index (χ1n) is 4.36. The summed E-state index contributed by atoms with van der Waals surface area (Å²) in [5.74, 6) is 0. The standard InChI is InChI=1S/C10H13NO3/c11-6-7-13-10(12)14-8-9-4-2-1-3-5-9/h1-5H,6-8,11H2. The van der Waals surface area contributed by atoms with E-state index in [0.717, 1.165) is 5.56 Å². The van der Waals surface area contributed by atoms with Crippen molar-refractivity contribution in [1.82, 2.24) is 0 Å². The van der Waals surface area contributed by atoms with Crippen LogP contribution >= 0.6 is 0 Å². The molecule has 0 atom stereocenters. The third kappa shape index (κ3) is 3.91. The van der Waals surface area contributed by atoms with Crippen molar-refractivity contribution < 1.29 is 14.3 Å².